The van der Waals surface area contributed by atoms with Gasteiger partial charge in [0.05, 0.1) is 0 Å². The van der Waals surface area contributed by atoms with Crippen LogP contribution in [0.3, 0.4) is 0 Å². The Balaban J connectivity index is 2.89. The maximum Gasteiger partial charge on any atom is 0.159 e. The van der Waals surface area contributed by atoms with Crippen LogP contribution in [0.5, 0.6) is 0 Å². The molecule has 0 amide bonds. The van der Waals surface area contributed by atoms with Gasteiger partial charge in [-0.3, -0.25) is 0 Å². The van der Waals surface area contributed by atoms with E-state index in [1.165, 1.54) is 6.07 Å². The third-order valence-corrected chi connectivity index (χ3v) is 4.01. The summed E-state index contributed by atoms with van der Waals surface area (Å²) in [5.74, 6) is -0.841. The van der Waals surface area contributed by atoms with Crippen LogP contribution in [0.15, 0.2) is 18.2 Å². The molecular weight excluding hydrogens is 253 g/mol. The lowest BCUT2D eigenvalue weighted by molar-refractivity contribution is 0.361. The number of benzene rings is 1. The highest BCUT2D eigenvalue weighted by Crippen LogP contribution is 2.30. The molecule has 90 valence electrons. The van der Waals surface area contributed by atoms with Crippen molar-refractivity contribution in [3.05, 3.63) is 35.4 Å². The van der Waals surface area contributed by atoms with Crippen LogP contribution < -0.4 is 0 Å². The average Bonchev–Trinajstić information content (AvgIpc) is 2.31. The van der Waals surface area contributed by atoms with Gasteiger partial charge in [0, 0.05) is 17.2 Å². The molecule has 0 N–H and O–H groups in total. The van der Waals surface area contributed by atoms with Crippen LogP contribution in [0.25, 0.3) is 0 Å². The van der Waals surface area contributed by atoms with E-state index in [2.05, 4.69) is 0 Å². The number of hydrogen-bond acceptors (Lipinski definition) is 0. The topological polar surface area (TPSA) is 0 Å². The molecule has 0 heterocycles. The van der Waals surface area contributed by atoms with Crippen LogP contribution in [-0.2, 0) is 6.42 Å². The SMILES string of the molecule is CCC(CCl)(CCl)Cc1ccc(F)c(F)c1. The standard InChI is InChI=1S/C12H14Cl2F2/c1-2-12(7-13,8-14)6-9-3-4-10(15)11(16)5-9/h3-5H,2,6-8H2,1H3. The Bertz CT molecular complexity index is 341. The maximum atomic E-state index is 13.0. The van der Waals surface area contributed by atoms with Gasteiger partial charge in [-0.25, -0.2) is 8.78 Å². The zero-order chi connectivity index (χ0) is 12.2. The molecular formula is C12H14Cl2F2. The summed E-state index contributed by atoms with van der Waals surface area (Å²) in [5, 5.41) is 0. The second-order valence-corrected chi connectivity index (χ2v) is 4.58. The van der Waals surface area contributed by atoms with Crippen LogP contribution in [0.4, 0.5) is 8.78 Å². The maximum absolute atomic E-state index is 13.0. The van der Waals surface area contributed by atoms with Gasteiger partial charge in [-0.1, -0.05) is 13.0 Å². The molecule has 1 aromatic carbocycles. The molecule has 0 aliphatic heterocycles. The van der Waals surface area contributed by atoms with Crippen LogP contribution in [0, 0.1) is 17.0 Å². The molecule has 0 spiro atoms. The minimum atomic E-state index is -0.831. The second-order valence-electron chi connectivity index (χ2n) is 4.05. The van der Waals surface area contributed by atoms with Crippen molar-refractivity contribution in [2.24, 2.45) is 5.41 Å². The summed E-state index contributed by atoms with van der Waals surface area (Å²) in [6.07, 6.45) is 1.37. The predicted molar refractivity (Wildman–Crippen MR) is 64.2 cm³/mol. The molecule has 1 aromatic rings. The van der Waals surface area contributed by atoms with Gasteiger partial charge < -0.3 is 0 Å². The first-order valence-electron chi connectivity index (χ1n) is 5.13. The molecule has 0 aromatic heterocycles. The molecule has 0 atom stereocenters. The molecule has 4 heteroatoms. The Kier molecular flexibility index (Phi) is 5.00. The third-order valence-electron chi connectivity index (χ3n) is 2.88. The molecule has 0 radical (unpaired) electrons. The monoisotopic (exact) mass is 266 g/mol. The summed E-state index contributed by atoms with van der Waals surface area (Å²) in [6, 6.07) is 3.91. The van der Waals surface area contributed by atoms with Crippen LogP contribution in [0.2, 0.25) is 0 Å². The van der Waals surface area contributed by atoms with Crippen LogP contribution in [-0.4, -0.2) is 11.8 Å². The van der Waals surface area contributed by atoms with E-state index in [-0.39, 0.29) is 5.41 Å². The van der Waals surface area contributed by atoms with Crippen molar-refractivity contribution < 1.29 is 8.78 Å². The van der Waals surface area contributed by atoms with Gasteiger partial charge in [0.1, 0.15) is 0 Å². The quantitative estimate of drug-likeness (QED) is 0.694. The van der Waals surface area contributed by atoms with Crippen molar-refractivity contribution in [2.75, 3.05) is 11.8 Å². The minimum Gasteiger partial charge on any atom is -0.204 e. The van der Waals surface area contributed by atoms with Crippen molar-refractivity contribution in [1.29, 1.82) is 0 Å². The highest BCUT2D eigenvalue weighted by Gasteiger charge is 2.26. The summed E-state index contributed by atoms with van der Waals surface area (Å²) in [5.41, 5.74) is 0.481. The van der Waals surface area contributed by atoms with Crippen LogP contribution in [0.1, 0.15) is 18.9 Å². The summed E-state index contributed by atoms with van der Waals surface area (Å²) in [4.78, 5) is 0. The molecule has 0 bridgehead atoms. The zero-order valence-corrected chi connectivity index (χ0v) is 10.6. The first kappa shape index (κ1) is 13.7. The van der Waals surface area contributed by atoms with Gasteiger partial charge in [0.15, 0.2) is 11.6 Å². The Morgan fingerprint density at radius 2 is 1.75 bits per heavy atom. The normalized spacial score (nSPS) is 11.8. The van der Waals surface area contributed by atoms with Crippen molar-refractivity contribution >= 4 is 23.2 Å². The summed E-state index contributed by atoms with van der Waals surface area (Å²) < 4.78 is 25.8. The van der Waals surface area contributed by atoms with E-state index in [0.717, 1.165) is 18.1 Å². The minimum absolute atomic E-state index is 0.243. The van der Waals surface area contributed by atoms with Gasteiger partial charge in [-0.2, -0.15) is 0 Å². The zero-order valence-electron chi connectivity index (χ0n) is 9.07. The number of alkyl halides is 2. The molecule has 0 fully saturated rings. The fraction of sp³-hybridized carbons (Fsp3) is 0.500. The molecule has 1 rings (SSSR count). The molecule has 0 aliphatic rings. The number of rotatable bonds is 5. The molecule has 0 nitrogen and oxygen atoms in total. The Morgan fingerprint density at radius 3 is 2.19 bits per heavy atom. The average molecular weight is 267 g/mol. The highest BCUT2D eigenvalue weighted by atomic mass is 35.5. The fourth-order valence-electron chi connectivity index (χ4n) is 1.53. The first-order chi connectivity index (χ1) is 7.56. The molecule has 0 unspecified atom stereocenters. The smallest absolute Gasteiger partial charge is 0.159 e. The Hall–Kier alpha value is -0.340. The van der Waals surface area contributed by atoms with E-state index >= 15 is 0 Å². The predicted octanol–water partition coefficient (Wildman–Crippen LogP) is 4.38. The number of hydrogen-bond donors (Lipinski definition) is 0. The fourth-order valence-corrected chi connectivity index (χ4v) is 2.38. The summed E-state index contributed by atoms with van der Waals surface area (Å²) in [7, 11) is 0. The second kappa shape index (κ2) is 5.83. The number of halogens is 4. The van der Waals surface area contributed by atoms with Crippen molar-refractivity contribution in [3.63, 3.8) is 0 Å². The Labute approximate surface area is 105 Å². The van der Waals surface area contributed by atoms with E-state index < -0.39 is 11.6 Å². The van der Waals surface area contributed by atoms with Gasteiger partial charge in [-0.15, -0.1) is 23.2 Å². The van der Waals surface area contributed by atoms with Crippen molar-refractivity contribution in [1.82, 2.24) is 0 Å². The summed E-state index contributed by atoms with van der Waals surface area (Å²) in [6.45, 7) is 1.99. The molecule has 0 saturated carbocycles. The molecule has 16 heavy (non-hydrogen) atoms. The van der Waals surface area contributed by atoms with E-state index in [9.17, 15) is 8.78 Å². The third kappa shape index (κ3) is 3.08. The van der Waals surface area contributed by atoms with Gasteiger partial charge >= 0.3 is 0 Å². The van der Waals surface area contributed by atoms with Crippen molar-refractivity contribution in [3.8, 4) is 0 Å². The van der Waals surface area contributed by atoms with Gasteiger partial charge in [0.25, 0.3) is 0 Å². The highest BCUT2D eigenvalue weighted by molar-refractivity contribution is 6.21. The Morgan fingerprint density at radius 1 is 1.12 bits per heavy atom. The largest absolute Gasteiger partial charge is 0.204 e. The van der Waals surface area contributed by atoms with Crippen LogP contribution >= 0.6 is 23.2 Å². The van der Waals surface area contributed by atoms with E-state index in [4.69, 9.17) is 23.2 Å². The first-order valence-corrected chi connectivity index (χ1v) is 6.19. The van der Waals surface area contributed by atoms with E-state index in [1.807, 2.05) is 6.92 Å². The molecule has 0 saturated heterocycles. The lowest BCUT2D eigenvalue weighted by Gasteiger charge is -2.28. The van der Waals surface area contributed by atoms with E-state index in [0.29, 0.717) is 18.2 Å². The lowest BCUT2D eigenvalue weighted by Crippen LogP contribution is -2.27. The van der Waals surface area contributed by atoms with Gasteiger partial charge in [-0.05, 0) is 30.5 Å². The lowest BCUT2D eigenvalue weighted by atomic mass is 9.83. The van der Waals surface area contributed by atoms with E-state index in [1.54, 1.807) is 6.07 Å². The van der Waals surface area contributed by atoms with Gasteiger partial charge in [0.2, 0.25) is 0 Å². The van der Waals surface area contributed by atoms with Crippen molar-refractivity contribution in [2.45, 2.75) is 19.8 Å². The summed E-state index contributed by atoms with van der Waals surface area (Å²) >= 11 is 11.8. The molecule has 0 aliphatic carbocycles.